The summed E-state index contributed by atoms with van der Waals surface area (Å²) < 4.78 is 0. The van der Waals surface area contributed by atoms with E-state index in [-0.39, 0.29) is 6.04 Å². The van der Waals surface area contributed by atoms with Crippen LogP contribution < -0.4 is 5.32 Å². The van der Waals surface area contributed by atoms with Gasteiger partial charge in [0.15, 0.2) is 0 Å². The van der Waals surface area contributed by atoms with Crippen LogP contribution in [0.2, 0.25) is 5.02 Å². The van der Waals surface area contributed by atoms with Crippen molar-refractivity contribution in [1.29, 1.82) is 0 Å². The van der Waals surface area contributed by atoms with E-state index in [1.54, 1.807) is 0 Å². The molecule has 0 spiro atoms. The van der Waals surface area contributed by atoms with Crippen LogP contribution in [-0.4, -0.2) is 6.54 Å². The van der Waals surface area contributed by atoms with Crippen molar-refractivity contribution < 1.29 is 0 Å². The van der Waals surface area contributed by atoms with Gasteiger partial charge in [-0.2, -0.15) is 0 Å². The second-order valence-electron chi connectivity index (χ2n) is 5.68. The van der Waals surface area contributed by atoms with E-state index in [0.29, 0.717) is 0 Å². The molecule has 1 N–H and O–H groups in total. The molecular weight excluding hydrogens is 278 g/mol. The highest BCUT2D eigenvalue weighted by Crippen LogP contribution is 2.28. The van der Waals surface area contributed by atoms with Gasteiger partial charge < -0.3 is 5.32 Å². The van der Waals surface area contributed by atoms with E-state index < -0.39 is 0 Å². The molecule has 0 aliphatic heterocycles. The lowest BCUT2D eigenvalue weighted by atomic mass is 9.96. The standard InChI is InChI=1S/C19H24ClN/c1-4-11-21-18(13-16-9-5-7-14(2)12-16)17-10-6-8-15(3)19(17)20/h5-10,12,18,21H,4,11,13H2,1-3H3. The summed E-state index contributed by atoms with van der Waals surface area (Å²) >= 11 is 6.52. The molecule has 21 heavy (non-hydrogen) atoms. The third-order valence-electron chi connectivity index (χ3n) is 3.76. The summed E-state index contributed by atoms with van der Waals surface area (Å²) in [4.78, 5) is 0. The fourth-order valence-corrected chi connectivity index (χ4v) is 2.88. The Balaban J connectivity index is 2.27. The molecule has 112 valence electrons. The first-order chi connectivity index (χ1) is 10.1. The van der Waals surface area contributed by atoms with Gasteiger partial charge in [0.1, 0.15) is 0 Å². The molecule has 0 saturated heterocycles. The van der Waals surface area contributed by atoms with E-state index in [0.717, 1.165) is 30.0 Å². The monoisotopic (exact) mass is 301 g/mol. The minimum atomic E-state index is 0.263. The van der Waals surface area contributed by atoms with Crippen molar-refractivity contribution in [2.75, 3.05) is 6.54 Å². The lowest BCUT2D eigenvalue weighted by molar-refractivity contribution is 0.529. The molecule has 0 bridgehead atoms. The van der Waals surface area contributed by atoms with E-state index in [4.69, 9.17) is 11.6 Å². The third-order valence-corrected chi connectivity index (χ3v) is 4.28. The number of nitrogens with one attached hydrogen (secondary N) is 1. The number of hydrogen-bond donors (Lipinski definition) is 1. The van der Waals surface area contributed by atoms with E-state index in [1.165, 1.54) is 16.7 Å². The summed E-state index contributed by atoms with van der Waals surface area (Å²) in [6.45, 7) is 7.39. The molecule has 0 amide bonds. The van der Waals surface area contributed by atoms with E-state index >= 15 is 0 Å². The van der Waals surface area contributed by atoms with Crippen LogP contribution in [0.4, 0.5) is 0 Å². The van der Waals surface area contributed by atoms with Crippen molar-refractivity contribution >= 4 is 11.6 Å². The van der Waals surface area contributed by atoms with Crippen LogP contribution in [0.5, 0.6) is 0 Å². The molecule has 2 aromatic rings. The SMILES string of the molecule is CCCNC(Cc1cccc(C)c1)c1cccc(C)c1Cl. The highest BCUT2D eigenvalue weighted by molar-refractivity contribution is 6.32. The molecule has 0 radical (unpaired) electrons. The van der Waals surface area contributed by atoms with Gasteiger partial charge in [-0.1, -0.05) is 66.6 Å². The maximum atomic E-state index is 6.52. The first-order valence-electron chi connectivity index (χ1n) is 7.65. The van der Waals surface area contributed by atoms with Crippen molar-refractivity contribution in [3.8, 4) is 0 Å². The van der Waals surface area contributed by atoms with Crippen molar-refractivity contribution in [2.45, 2.75) is 39.7 Å². The van der Waals surface area contributed by atoms with Crippen molar-refractivity contribution in [3.63, 3.8) is 0 Å². The molecule has 0 aliphatic carbocycles. The summed E-state index contributed by atoms with van der Waals surface area (Å²) in [6.07, 6.45) is 2.08. The zero-order valence-corrected chi connectivity index (χ0v) is 13.9. The highest BCUT2D eigenvalue weighted by Gasteiger charge is 2.15. The summed E-state index contributed by atoms with van der Waals surface area (Å²) in [7, 11) is 0. The van der Waals surface area contributed by atoms with Crippen molar-refractivity contribution in [2.24, 2.45) is 0 Å². The maximum Gasteiger partial charge on any atom is 0.0483 e. The first-order valence-corrected chi connectivity index (χ1v) is 8.03. The lowest BCUT2D eigenvalue weighted by Crippen LogP contribution is -2.24. The average Bonchev–Trinajstić information content (AvgIpc) is 2.47. The molecule has 1 nitrogen and oxygen atoms in total. The molecule has 2 aromatic carbocycles. The zero-order valence-electron chi connectivity index (χ0n) is 13.1. The smallest absolute Gasteiger partial charge is 0.0483 e. The normalized spacial score (nSPS) is 12.4. The van der Waals surface area contributed by atoms with Crippen LogP contribution in [0.15, 0.2) is 42.5 Å². The molecule has 0 heterocycles. The Morgan fingerprint density at radius 1 is 1.10 bits per heavy atom. The topological polar surface area (TPSA) is 12.0 Å². The number of hydrogen-bond acceptors (Lipinski definition) is 1. The Bertz CT molecular complexity index is 592. The number of aryl methyl sites for hydroxylation is 2. The lowest BCUT2D eigenvalue weighted by Gasteiger charge is -2.21. The second-order valence-corrected chi connectivity index (χ2v) is 6.06. The number of rotatable bonds is 6. The fourth-order valence-electron chi connectivity index (χ4n) is 2.62. The highest BCUT2D eigenvalue weighted by atomic mass is 35.5. The molecule has 2 heteroatoms. The van der Waals surface area contributed by atoms with Gasteiger partial charge in [-0.3, -0.25) is 0 Å². The largest absolute Gasteiger partial charge is 0.310 e. The predicted molar refractivity (Wildman–Crippen MR) is 92.1 cm³/mol. The molecule has 1 atom stereocenters. The number of benzene rings is 2. The van der Waals surface area contributed by atoms with Crippen molar-refractivity contribution in [3.05, 3.63) is 69.7 Å². The quantitative estimate of drug-likeness (QED) is 0.769. The molecule has 1 unspecified atom stereocenters. The molecule has 0 aromatic heterocycles. The van der Waals surface area contributed by atoms with Crippen LogP contribution in [0.25, 0.3) is 0 Å². The van der Waals surface area contributed by atoms with Gasteiger partial charge in [0.25, 0.3) is 0 Å². The van der Waals surface area contributed by atoms with Crippen molar-refractivity contribution in [1.82, 2.24) is 5.32 Å². The minimum absolute atomic E-state index is 0.263. The third kappa shape index (κ3) is 4.33. The van der Waals surface area contributed by atoms with Gasteiger partial charge in [0, 0.05) is 11.1 Å². The molecule has 2 rings (SSSR count). The van der Waals surface area contributed by atoms with E-state index in [2.05, 4.69) is 68.6 Å². The van der Waals surface area contributed by atoms with Gasteiger partial charge in [-0.05, 0) is 49.9 Å². The van der Waals surface area contributed by atoms with E-state index in [9.17, 15) is 0 Å². The maximum absolute atomic E-state index is 6.52. The molecular formula is C19H24ClN. The van der Waals surface area contributed by atoms with Crippen LogP contribution in [-0.2, 0) is 6.42 Å². The Labute approximate surface area is 133 Å². The van der Waals surface area contributed by atoms with Gasteiger partial charge in [0.05, 0.1) is 0 Å². The molecule has 0 saturated carbocycles. The Morgan fingerprint density at radius 2 is 1.86 bits per heavy atom. The second kappa shape index (κ2) is 7.63. The van der Waals surface area contributed by atoms with Crippen LogP contribution in [0.3, 0.4) is 0 Å². The summed E-state index contributed by atoms with van der Waals surface area (Å²) in [6, 6.07) is 15.3. The first kappa shape index (κ1) is 16.1. The van der Waals surface area contributed by atoms with Gasteiger partial charge in [-0.15, -0.1) is 0 Å². The van der Waals surface area contributed by atoms with Crippen LogP contribution in [0, 0.1) is 13.8 Å². The van der Waals surface area contributed by atoms with Gasteiger partial charge >= 0.3 is 0 Å². The Kier molecular flexibility index (Phi) is 5.84. The molecule has 0 fully saturated rings. The fraction of sp³-hybridized carbons (Fsp3) is 0.368. The summed E-state index contributed by atoms with van der Waals surface area (Å²) in [5.41, 5.74) is 4.99. The predicted octanol–water partition coefficient (Wildman–Crippen LogP) is 5.24. The Hall–Kier alpha value is -1.31. The van der Waals surface area contributed by atoms with Gasteiger partial charge in [-0.25, -0.2) is 0 Å². The summed E-state index contributed by atoms with van der Waals surface area (Å²) in [5, 5.41) is 4.52. The minimum Gasteiger partial charge on any atom is -0.310 e. The summed E-state index contributed by atoms with van der Waals surface area (Å²) in [5.74, 6) is 0. The average molecular weight is 302 g/mol. The number of halogens is 1. The zero-order chi connectivity index (χ0) is 15.2. The van der Waals surface area contributed by atoms with Crippen LogP contribution >= 0.6 is 11.6 Å². The van der Waals surface area contributed by atoms with Gasteiger partial charge in [0.2, 0.25) is 0 Å². The van der Waals surface area contributed by atoms with E-state index in [1.807, 2.05) is 0 Å². The molecule has 0 aliphatic rings. The van der Waals surface area contributed by atoms with Crippen LogP contribution in [0.1, 0.15) is 41.6 Å². The Morgan fingerprint density at radius 3 is 2.57 bits per heavy atom.